The van der Waals surface area contributed by atoms with Gasteiger partial charge in [0.1, 0.15) is 0 Å². The number of hydrogen-bond acceptors (Lipinski definition) is 2. The van der Waals surface area contributed by atoms with Crippen LogP contribution < -0.4 is 0 Å². The summed E-state index contributed by atoms with van der Waals surface area (Å²) in [6.07, 6.45) is 5.73. The third-order valence-electron chi connectivity index (χ3n) is 3.14. The topological polar surface area (TPSA) is 6.48 Å². The molecular weight excluding hydrogens is 148 g/mol. The maximum absolute atomic E-state index is 2.60. The normalized spacial score (nSPS) is 25.5. The van der Waals surface area contributed by atoms with E-state index in [1.165, 1.54) is 51.9 Å². The fourth-order valence-corrected chi connectivity index (χ4v) is 2.00. The van der Waals surface area contributed by atoms with Crippen molar-refractivity contribution in [3.8, 4) is 0 Å². The zero-order valence-corrected chi connectivity index (χ0v) is 8.13. The van der Waals surface area contributed by atoms with Gasteiger partial charge in [0.05, 0.1) is 0 Å². The van der Waals surface area contributed by atoms with Crippen LogP contribution in [0.5, 0.6) is 0 Å². The van der Waals surface area contributed by atoms with Gasteiger partial charge in [0, 0.05) is 19.1 Å². The van der Waals surface area contributed by atoms with Crippen LogP contribution in [0.3, 0.4) is 0 Å². The van der Waals surface area contributed by atoms with Crippen molar-refractivity contribution in [3.05, 3.63) is 0 Å². The molecule has 2 nitrogen and oxygen atoms in total. The summed E-state index contributed by atoms with van der Waals surface area (Å²) in [5.74, 6) is 0. The SMILES string of the molecule is CN(CCN1CCCC1)C1CC1. The second-order valence-electron chi connectivity index (χ2n) is 4.26. The van der Waals surface area contributed by atoms with Gasteiger partial charge in [-0.1, -0.05) is 0 Å². The third kappa shape index (κ3) is 2.20. The first-order chi connectivity index (χ1) is 5.86. The minimum Gasteiger partial charge on any atom is -0.302 e. The van der Waals surface area contributed by atoms with Gasteiger partial charge in [0.15, 0.2) is 0 Å². The Morgan fingerprint density at radius 2 is 1.92 bits per heavy atom. The summed E-state index contributed by atoms with van der Waals surface area (Å²) in [6, 6.07) is 0.938. The van der Waals surface area contributed by atoms with E-state index >= 15 is 0 Å². The molecule has 2 rings (SSSR count). The lowest BCUT2D eigenvalue weighted by Crippen LogP contribution is -2.32. The first kappa shape index (κ1) is 8.52. The molecule has 2 heteroatoms. The number of hydrogen-bond donors (Lipinski definition) is 0. The molecule has 1 aliphatic heterocycles. The van der Waals surface area contributed by atoms with E-state index in [4.69, 9.17) is 0 Å². The fraction of sp³-hybridized carbons (Fsp3) is 1.00. The van der Waals surface area contributed by atoms with Crippen molar-refractivity contribution >= 4 is 0 Å². The molecule has 0 spiro atoms. The van der Waals surface area contributed by atoms with Gasteiger partial charge < -0.3 is 9.80 Å². The van der Waals surface area contributed by atoms with E-state index in [9.17, 15) is 0 Å². The van der Waals surface area contributed by atoms with Crippen LogP contribution in [-0.2, 0) is 0 Å². The molecule has 1 saturated carbocycles. The Labute approximate surface area is 75.5 Å². The molecule has 1 heterocycles. The van der Waals surface area contributed by atoms with E-state index in [2.05, 4.69) is 16.8 Å². The summed E-state index contributed by atoms with van der Waals surface area (Å²) in [7, 11) is 2.27. The minimum absolute atomic E-state index is 0.938. The van der Waals surface area contributed by atoms with Gasteiger partial charge in [-0.2, -0.15) is 0 Å². The predicted molar refractivity (Wildman–Crippen MR) is 51.3 cm³/mol. The smallest absolute Gasteiger partial charge is 0.0109 e. The lowest BCUT2D eigenvalue weighted by atomic mass is 10.4. The molecule has 2 fully saturated rings. The van der Waals surface area contributed by atoms with Crippen LogP contribution in [0.15, 0.2) is 0 Å². The Morgan fingerprint density at radius 3 is 2.50 bits per heavy atom. The molecule has 0 atom stereocenters. The molecule has 0 aromatic rings. The highest BCUT2D eigenvalue weighted by atomic mass is 15.2. The summed E-state index contributed by atoms with van der Waals surface area (Å²) in [6.45, 7) is 5.27. The molecule has 0 amide bonds. The van der Waals surface area contributed by atoms with Crippen molar-refractivity contribution in [2.75, 3.05) is 33.2 Å². The molecule has 0 N–H and O–H groups in total. The van der Waals surface area contributed by atoms with Gasteiger partial charge in [-0.3, -0.25) is 0 Å². The zero-order chi connectivity index (χ0) is 8.39. The molecule has 70 valence electrons. The Bertz CT molecular complexity index is 135. The molecule has 1 saturated heterocycles. The first-order valence-electron chi connectivity index (χ1n) is 5.29. The average Bonchev–Trinajstić information content (AvgIpc) is 2.80. The van der Waals surface area contributed by atoms with Crippen LogP contribution in [0, 0.1) is 0 Å². The van der Waals surface area contributed by atoms with E-state index < -0.39 is 0 Å². The molecule has 0 radical (unpaired) electrons. The Balaban J connectivity index is 1.60. The van der Waals surface area contributed by atoms with Crippen LogP contribution in [0.4, 0.5) is 0 Å². The third-order valence-corrected chi connectivity index (χ3v) is 3.14. The summed E-state index contributed by atoms with van der Waals surface area (Å²) in [5, 5.41) is 0. The molecule has 0 aromatic heterocycles. The van der Waals surface area contributed by atoms with Gasteiger partial charge in [0.2, 0.25) is 0 Å². The van der Waals surface area contributed by atoms with Crippen molar-refractivity contribution in [2.45, 2.75) is 31.7 Å². The molecule has 0 bridgehead atoms. The molecule has 12 heavy (non-hydrogen) atoms. The highest BCUT2D eigenvalue weighted by molar-refractivity contribution is 4.83. The van der Waals surface area contributed by atoms with E-state index in [1.807, 2.05) is 0 Å². The van der Waals surface area contributed by atoms with E-state index in [0.29, 0.717) is 0 Å². The van der Waals surface area contributed by atoms with Gasteiger partial charge in [0.25, 0.3) is 0 Å². The quantitative estimate of drug-likeness (QED) is 0.622. The highest BCUT2D eigenvalue weighted by Gasteiger charge is 2.26. The van der Waals surface area contributed by atoms with Crippen LogP contribution in [0.25, 0.3) is 0 Å². The van der Waals surface area contributed by atoms with Crippen molar-refractivity contribution < 1.29 is 0 Å². The van der Waals surface area contributed by atoms with Crippen molar-refractivity contribution in [3.63, 3.8) is 0 Å². The molecule has 0 aromatic carbocycles. The van der Waals surface area contributed by atoms with E-state index in [1.54, 1.807) is 0 Å². The molecule has 2 aliphatic rings. The van der Waals surface area contributed by atoms with Crippen molar-refractivity contribution in [1.82, 2.24) is 9.80 Å². The van der Waals surface area contributed by atoms with Crippen LogP contribution >= 0.6 is 0 Å². The zero-order valence-electron chi connectivity index (χ0n) is 8.13. The maximum atomic E-state index is 2.60. The van der Waals surface area contributed by atoms with Crippen LogP contribution in [0.2, 0.25) is 0 Å². The minimum atomic E-state index is 0.938. The summed E-state index contributed by atoms with van der Waals surface area (Å²) < 4.78 is 0. The lowest BCUT2D eigenvalue weighted by molar-refractivity contribution is 0.251. The number of nitrogens with zero attached hydrogens (tertiary/aromatic N) is 2. The molecular formula is C10H20N2. The fourth-order valence-electron chi connectivity index (χ4n) is 2.00. The predicted octanol–water partition coefficient (Wildman–Crippen LogP) is 1.18. The number of likely N-dealkylation sites (tertiary alicyclic amines) is 1. The first-order valence-corrected chi connectivity index (χ1v) is 5.29. The second-order valence-corrected chi connectivity index (χ2v) is 4.26. The monoisotopic (exact) mass is 168 g/mol. The maximum Gasteiger partial charge on any atom is 0.0109 e. The number of likely N-dealkylation sites (N-methyl/N-ethyl adjacent to an activating group) is 1. The van der Waals surface area contributed by atoms with Gasteiger partial charge in [-0.25, -0.2) is 0 Å². The van der Waals surface area contributed by atoms with Crippen LogP contribution in [-0.4, -0.2) is 49.1 Å². The largest absolute Gasteiger partial charge is 0.302 e. The van der Waals surface area contributed by atoms with Gasteiger partial charge >= 0.3 is 0 Å². The summed E-state index contributed by atoms with van der Waals surface area (Å²) >= 11 is 0. The van der Waals surface area contributed by atoms with Crippen molar-refractivity contribution in [1.29, 1.82) is 0 Å². The Hall–Kier alpha value is -0.0800. The standard InChI is InChI=1S/C10H20N2/c1-11(10-4-5-10)8-9-12-6-2-3-7-12/h10H,2-9H2,1H3. The highest BCUT2D eigenvalue weighted by Crippen LogP contribution is 2.24. The van der Waals surface area contributed by atoms with Gasteiger partial charge in [-0.15, -0.1) is 0 Å². The van der Waals surface area contributed by atoms with Crippen molar-refractivity contribution in [2.24, 2.45) is 0 Å². The number of rotatable bonds is 4. The molecule has 1 aliphatic carbocycles. The van der Waals surface area contributed by atoms with Gasteiger partial charge in [-0.05, 0) is 45.8 Å². The Kier molecular flexibility index (Phi) is 2.66. The van der Waals surface area contributed by atoms with Crippen LogP contribution in [0.1, 0.15) is 25.7 Å². The van der Waals surface area contributed by atoms with E-state index in [0.717, 1.165) is 6.04 Å². The summed E-state index contributed by atoms with van der Waals surface area (Å²) in [4.78, 5) is 5.12. The summed E-state index contributed by atoms with van der Waals surface area (Å²) in [5.41, 5.74) is 0. The Morgan fingerprint density at radius 1 is 1.25 bits per heavy atom. The second kappa shape index (κ2) is 3.75. The lowest BCUT2D eigenvalue weighted by Gasteiger charge is -2.20. The average molecular weight is 168 g/mol. The molecule has 0 unspecified atom stereocenters. The van der Waals surface area contributed by atoms with E-state index in [-0.39, 0.29) is 0 Å².